The molecule has 0 saturated carbocycles. The molecule has 7 nitrogen and oxygen atoms in total. The second-order valence-corrected chi connectivity index (χ2v) is 11.5. The van der Waals surface area contributed by atoms with Crippen molar-refractivity contribution in [3.8, 4) is 0 Å². The van der Waals surface area contributed by atoms with E-state index in [2.05, 4.69) is 24.4 Å². The molecule has 4 aliphatic rings. The SMILES string of the molecule is OC12c3[c-]c(ccc3)C3(O)c4[c-]c(ccc4)C(O)(c4cccc(n4)C(O)(c4[c-]c1ccc4)c1cccc3n1)[n+]1[c-]c2ccc1.[Ir]. The molecular weight excluding hydrogens is 743 g/mol. The van der Waals surface area contributed by atoms with Gasteiger partial charge in [-0.3, -0.25) is 9.55 Å². The number of nitrogens with zero attached hydrogens (tertiary/aromatic N) is 3. The smallest absolute Gasteiger partial charge is 0.297 e. The number of aromatic nitrogens is 3. The van der Waals surface area contributed by atoms with Crippen LogP contribution in [0.2, 0.25) is 0 Å². The van der Waals surface area contributed by atoms with Gasteiger partial charge in [0.2, 0.25) is 0 Å². The molecule has 10 rings (SSSR count). The van der Waals surface area contributed by atoms with Crippen LogP contribution >= 0.6 is 0 Å². The van der Waals surface area contributed by atoms with Crippen LogP contribution in [-0.4, -0.2) is 30.4 Å². The van der Waals surface area contributed by atoms with Crippen LogP contribution in [0.4, 0.5) is 0 Å². The van der Waals surface area contributed by atoms with E-state index in [-0.39, 0.29) is 70.7 Å². The number of benzene rings is 3. The van der Waals surface area contributed by atoms with E-state index in [1.54, 1.807) is 109 Å². The molecular formula is C37H22IrN3O4-3. The van der Waals surface area contributed by atoms with Crippen molar-refractivity contribution in [1.29, 1.82) is 0 Å². The third-order valence-corrected chi connectivity index (χ3v) is 9.15. The van der Waals surface area contributed by atoms with Gasteiger partial charge in [0.25, 0.3) is 5.72 Å². The minimum absolute atomic E-state index is 0. The van der Waals surface area contributed by atoms with Crippen molar-refractivity contribution < 1.29 is 45.1 Å². The van der Waals surface area contributed by atoms with Gasteiger partial charge in [-0.1, -0.05) is 23.3 Å². The van der Waals surface area contributed by atoms with E-state index < -0.39 is 22.5 Å². The maximum Gasteiger partial charge on any atom is 0.297 e. The van der Waals surface area contributed by atoms with E-state index in [1.165, 1.54) is 4.57 Å². The normalized spacial score (nSPS) is 26.4. The maximum absolute atomic E-state index is 13.0. The van der Waals surface area contributed by atoms with Gasteiger partial charge >= 0.3 is 0 Å². The Bertz CT molecular complexity index is 1660. The van der Waals surface area contributed by atoms with Crippen molar-refractivity contribution in [2.75, 3.05) is 0 Å². The largest absolute Gasteiger partial charge is 0.382 e. The summed E-state index contributed by atoms with van der Waals surface area (Å²) in [5.74, 6) is 0. The molecule has 45 heavy (non-hydrogen) atoms. The molecule has 4 N–H and O–H groups in total. The Morgan fingerprint density at radius 2 is 0.844 bits per heavy atom. The average Bonchev–Trinajstić information content (AvgIpc) is 3.09. The van der Waals surface area contributed by atoms with Crippen LogP contribution in [0.1, 0.15) is 61.7 Å². The van der Waals surface area contributed by atoms with Crippen molar-refractivity contribution in [2.45, 2.75) is 22.5 Å². The van der Waals surface area contributed by atoms with Gasteiger partial charge in [0.05, 0.1) is 28.9 Å². The molecule has 0 spiro atoms. The quantitative estimate of drug-likeness (QED) is 0.140. The number of aliphatic hydroxyl groups is 4. The van der Waals surface area contributed by atoms with Gasteiger partial charge in [0.1, 0.15) is 17.5 Å². The molecule has 0 aliphatic carbocycles. The Labute approximate surface area is 272 Å². The van der Waals surface area contributed by atoms with Gasteiger partial charge in [-0.25, -0.2) is 4.98 Å². The Kier molecular flexibility index (Phi) is 5.81. The number of hydrogen-bond acceptors (Lipinski definition) is 6. The van der Waals surface area contributed by atoms with Gasteiger partial charge in [-0.05, 0) is 24.3 Å². The minimum atomic E-state index is -2.04. The second-order valence-electron chi connectivity index (χ2n) is 11.5. The molecule has 8 heteroatoms. The third-order valence-electron chi connectivity index (χ3n) is 9.15. The fourth-order valence-electron chi connectivity index (χ4n) is 6.81. The summed E-state index contributed by atoms with van der Waals surface area (Å²) in [6.45, 7) is 0. The summed E-state index contributed by atoms with van der Waals surface area (Å²) in [6.07, 6.45) is 4.88. The van der Waals surface area contributed by atoms with Gasteiger partial charge in [0.15, 0.2) is 5.60 Å². The summed E-state index contributed by atoms with van der Waals surface area (Å²) in [4.78, 5) is 9.81. The molecule has 0 saturated heterocycles. The molecule has 4 aliphatic heterocycles. The summed E-state index contributed by atoms with van der Waals surface area (Å²) in [5.41, 5.74) is -5.36. The first-order chi connectivity index (χ1) is 21.3. The monoisotopic (exact) mass is 765 g/mol. The van der Waals surface area contributed by atoms with Crippen molar-refractivity contribution in [1.82, 2.24) is 9.97 Å². The van der Waals surface area contributed by atoms with E-state index in [4.69, 9.17) is 9.97 Å². The summed E-state index contributed by atoms with van der Waals surface area (Å²) < 4.78 is 1.44. The number of pyridine rings is 3. The first-order valence-electron chi connectivity index (χ1n) is 14.2. The Hall–Kier alpha value is -4.40. The predicted octanol–water partition coefficient (Wildman–Crippen LogP) is 2.50. The van der Waals surface area contributed by atoms with Gasteiger partial charge in [0, 0.05) is 20.1 Å². The van der Waals surface area contributed by atoms with E-state index in [0.29, 0.717) is 11.1 Å². The third kappa shape index (κ3) is 3.44. The van der Waals surface area contributed by atoms with Crippen molar-refractivity contribution in [2.24, 2.45) is 0 Å². The molecule has 16 bridgehead atoms. The van der Waals surface area contributed by atoms with Gasteiger partial charge < -0.3 is 20.4 Å². The number of rotatable bonds is 0. The van der Waals surface area contributed by atoms with Crippen LogP contribution in [0.15, 0.2) is 109 Å². The standard InChI is InChI=1S/C37H22N3O4.Ir/c41-34-23-7-1-9-25(19-23)35(42)26-10-3-12-28(21-26)37(44,40-18-6-13-29(34)22-40)33-17-5-16-32(39-33)36(43,27-11-2-8-24(34)20-27)31-15-4-14-30(35)38-31;/h1-18,41-44H;/q-3;. The molecule has 3 aromatic heterocycles. The Morgan fingerprint density at radius 3 is 1.44 bits per heavy atom. The van der Waals surface area contributed by atoms with Crippen LogP contribution in [-0.2, 0) is 42.6 Å². The summed E-state index contributed by atoms with van der Waals surface area (Å²) in [7, 11) is 0. The predicted molar refractivity (Wildman–Crippen MR) is 154 cm³/mol. The zero-order chi connectivity index (χ0) is 29.9. The molecule has 7 heterocycles. The molecule has 0 fully saturated rings. The minimum Gasteiger partial charge on any atom is -0.382 e. The fourth-order valence-corrected chi connectivity index (χ4v) is 6.81. The van der Waals surface area contributed by atoms with E-state index in [1.807, 2.05) is 0 Å². The average molecular weight is 765 g/mol. The van der Waals surface area contributed by atoms with E-state index in [0.717, 1.165) is 0 Å². The first kappa shape index (κ1) is 28.1. The molecule has 4 atom stereocenters. The van der Waals surface area contributed by atoms with Crippen molar-refractivity contribution >= 4 is 0 Å². The molecule has 6 aromatic rings. The molecule has 0 amide bonds. The molecule has 221 valence electrons. The van der Waals surface area contributed by atoms with Crippen LogP contribution in [0.25, 0.3) is 0 Å². The Balaban J connectivity index is 0.00000300. The summed E-state index contributed by atoms with van der Waals surface area (Å²) >= 11 is 0. The van der Waals surface area contributed by atoms with Gasteiger partial charge in [-0.2, -0.15) is 78.9 Å². The zero-order valence-electron chi connectivity index (χ0n) is 23.4. The molecule has 4 unspecified atom stereocenters. The van der Waals surface area contributed by atoms with Crippen LogP contribution in [0, 0.1) is 24.4 Å². The van der Waals surface area contributed by atoms with Crippen LogP contribution in [0.3, 0.4) is 0 Å². The zero-order valence-corrected chi connectivity index (χ0v) is 25.8. The second kappa shape index (κ2) is 9.31. The first-order valence-corrected chi connectivity index (χ1v) is 14.2. The Morgan fingerprint density at radius 1 is 0.444 bits per heavy atom. The van der Waals surface area contributed by atoms with Crippen molar-refractivity contribution in [3.05, 3.63) is 195 Å². The molecule has 1 radical (unpaired) electrons. The summed E-state index contributed by atoms with van der Waals surface area (Å²) in [5, 5.41) is 51.7. The van der Waals surface area contributed by atoms with Gasteiger partial charge in [-0.15, -0.1) is 33.9 Å². The number of hydrogen-bond donors (Lipinski definition) is 4. The van der Waals surface area contributed by atoms with Crippen LogP contribution < -0.4 is 4.57 Å². The maximum atomic E-state index is 13.0. The van der Waals surface area contributed by atoms with Crippen LogP contribution in [0.5, 0.6) is 0 Å². The van der Waals surface area contributed by atoms with Crippen molar-refractivity contribution in [3.63, 3.8) is 0 Å². The fraction of sp³-hybridized carbons (Fsp3) is 0.108. The summed E-state index contributed by atoms with van der Waals surface area (Å²) in [6, 6.07) is 38.8. The topological polar surface area (TPSA) is 111 Å². The van der Waals surface area contributed by atoms with E-state index in [9.17, 15) is 20.4 Å². The molecule has 3 aromatic carbocycles. The van der Waals surface area contributed by atoms with E-state index >= 15 is 0 Å².